The van der Waals surface area contributed by atoms with Gasteiger partial charge in [0.1, 0.15) is 11.5 Å². The van der Waals surface area contributed by atoms with E-state index in [1.807, 2.05) is 0 Å². The average Bonchev–Trinajstić information content (AvgIpc) is 3.03. The molecule has 1 unspecified atom stereocenters. The predicted molar refractivity (Wildman–Crippen MR) is 85.3 cm³/mol. The lowest BCUT2D eigenvalue weighted by molar-refractivity contribution is 0.0990. The van der Waals surface area contributed by atoms with E-state index in [0.29, 0.717) is 6.04 Å². The Morgan fingerprint density at radius 1 is 1.33 bits per heavy atom. The van der Waals surface area contributed by atoms with E-state index in [1.165, 1.54) is 44.6 Å². The smallest absolute Gasteiger partial charge is 0.118 e. The Balaban J connectivity index is 1.57. The maximum absolute atomic E-state index is 5.89. The molecule has 1 N–H and O–H groups in total. The molecule has 2 saturated heterocycles. The third-order valence-corrected chi connectivity index (χ3v) is 4.82. The molecule has 1 aromatic heterocycles. The van der Waals surface area contributed by atoms with Crippen LogP contribution in [0.25, 0.3) is 0 Å². The van der Waals surface area contributed by atoms with E-state index in [1.54, 1.807) is 0 Å². The van der Waals surface area contributed by atoms with Crippen LogP contribution in [0.3, 0.4) is 0 Å². The van der Waals surface area contributed by atoms with Gasteiger partial charge in [0.2, 0.25) is 0 Å². The van der Waals surface area contributed by atoms with Gasteiger partial charge in [-0.2, -0.15) is 0 Å². The minimum atomic E-state index is 0.495. The Bertz CT molecular complexity index is 469. The summed E-state index contributed by atoms with van der Waals surface area (Å²) in [4.78, 5) is 5.26. The maximum Gasteiger partial charge on any atom is 0.118 e. The van der Waals surface area contributed by atoms with Crippen LogP contribution in [-0.4, -0.2) is 48.1 Å². The molecule has 1 aromatic rings. The van der Waals surface area contributed by atoms with Crippen LogP contribution in [0.5, 0.6) is 0 Å². The molecule has 0 amide bonds. The lowest BCUT2D eigenvalue weighted by Crippen LogP contribution is -2.49. The number of aryl methyl sites for hydroxylation is 1. The third kappa shape index (κ3) is 3.68. The number of rotatable bonds is 5. The summed E-state index contributed by atoms with van der Waals surface area (Å²) in [6, 6.07) is 3.54. The molecule has 21 heavy (non-hydrogen) atoms. The summed E-state index contributed by atoms with van der Waals surface area (Å²) >= 11 is 0. The Hall–Kier alpha value is -0.840. The van der Waals surface area contributed by atoms with Crippen LogP contribution >= 0.6 is 0 Å². The molecule has 118 valence electrons. The van der Waals surface area contributed by atoms with Crippen LogP contribution in [0.15, 0.2) is 10.5 Å². The second-order valence-corrected chi connectivity index (χ2v) is 6.90. The molecule has 4 heteroatoms. The molecule has 2 fully saturated rings. The van der Waals surface area contributed by atoms with E-state index >= 15 is 0 Å². The fourth-order valence-electron chi connectivity index (χ4n) is 3.58. The van der Waals surface area contributed by atoms with Crippen molar-refractivity contribution in [1.82, 2.24) is 15.1 Å². The van der Waals surface area contributed by atoms with Crippen LogP contribution in [0.2, 0.25) is 0 Å². The molecule has 0 aliphatic carbocycles. The number of furan rings is 1. The van der Waals surface area contributed by atoms with Crippen molar-refractivity contribution in [3.8, 4) is 0 Å². The maximum atomic E-state index is 5.89. The van der Waals surface area contributed by atoms with E-state index in [2.05, 4.69) is 42.0 Å². The van der Waals surface area contributed by atoms with Gasteiger partial charge >= 0.3 is 0 Å². The van der Waals surface area contributed by atoms with Crippen molar-refractivity contribution in [2.75, 3.05) is 26.2 Å². The molecular formula is C17H29N3O. The standard InChI is InChI=1S/C17H29N3O/c1-13(2)18-10-17-9-15(14(3)21-17)11-19-7-8-20-6-4-5-16(20)12-19/h9,13,16,18H,4-8,10-12H2,1-3H3. The van der Waals surface area contributed by atoms with Gasteiger partial charge in [-0.15, -0.1) is 0 Å². The van der Waals surface area contributed by atoms with Gasteiger partial charge in [0.15, 0.2) is 0 Å². The normalized spacial score (nSPS) is 23.9. The zero-order valence-electron chi connectivity index (χ0n) is 13.7. The van der Waals surface area contributed by atoms with Crippen LogP contribution in [0.1, 0.15) is 43.8 Å². The Morgan fingerprint density at radius 2 is 2.19 bits per heavy atom. The van der Waals surface area contributed by atoms with Crippen molar-refractivity contribution in [1.29, 1.82) is 0 Å². The zero-order valence-corrected chi connectivity index (χ0v) is 13.7. The van der Waals surface area contributed by atoms with Gasteiger partial charge in [-0.1, -0.05) is 13.8 Å². The molecule has 2 aliphatic heterocycles. The molecule has 0 spiro atoms. The second-order valence-electron chi connectivity index (χ2n) is 6.90. The number of piperazine rings is 1. The summed E-state index contributed by atoms with van der Waals surface area (Å²) in [7, 11) is 0. The lowest BCUT2D eigenvalue weighted by Gasteiger charge is -2.37. The van der Waals surface area contributed by atoms with Gasteiger partial charge in [0, 0.05) is 43.8 Å². The van der Waals surface area contributed by atoms with E-state index < -0.39 is 0 Å². The van der Waals surface area contributed by atoms with Gasteiger partial charge in [0.25, 0.3) is 0 Å². The lowest BCUT2D eigenvalue weighted by atomic mass is 10.1. The Labute approximate surface area is 128 Å². The van der Waals surface area contributed by atoms with Crippen LogP contribution < -0.4 is 5.32 Å². The quantitative estimate of drug-likeness (QED) is 0.902. The zero-order chi connectivity index (χ0) is 14.8. The molecule has 0 aromatic carbocycles. The highest BCUT2D eigenvalue weighted by atomic mass is 16.3. The van der Waals surface area contributed by atoms with E-state index in [0.717, 1.165) is 30.7 Å². The van der Waals surface area contributed by atoms with E-state index in [-0.39, 0.29) is 0 Å². The molecule has 0 saturated carbocycles. The van der Waals surface area contributed by atoms with E-state index in [4.69, 9.17) is 4.42 Å². The number of hydrogen-bond donors (Lipinski definition) is 1. The first-order chi connectivity index (χ1) is 10.1. The molecule has 4 nitrogen and oxygen atoms in total. The highest BCUT2D eigenvalue weighted by Gasteiger charge is 2.30. The summed E-state index contributed by atoms with van der Waals surface area (Å²) in [5.74, 6) is 2.15. The monoisotopic (exact) mass is 291 g/mol. The van der Waals surface area contributed by atoms with Gasteiger partial charge in [-0.3, -0.25) is 9.80 Å². The van der Waals surface area contributed by atoms with Crippen molar-refractivity contribution in [3.63, 3.8) is 0 Å². The van der Waals surface area contributed by atoms with Gasteiger partial charge in [-0.25, -0.2) is 0 Å². The SMILES string of the molecule is Cc1oc(CNC(C)C)cc1CN1CCN2CCCC2C1. The topological polar surface area (TPSA) is 31.7 Å². The van der Waals surface area contributed by atoms with Crippen molar-refractivity contribution >= 4 is 0 Å². The highest BCUT2D eigenvalue weighted by molar-refractivity contribution is 5.21. The number of nitrogens with zero attached hydrogens (tertiary/aromatic N) is 2. The molecular weight excluding hydrogens is 262 g/mol. The molecule has 1 atom stereocenters. The Morgan fingerprint density at radius 3 is 3.00 bits per heavy atom. The summed E-state index contributed by atoms with van der Waals surface area (Å²) in [6.45, 7) is 13.3. The summed E-state index contributed by atoms with van der Waals surface area (Å²) in [5, 5.41) is 3.42. The van der Waals surface area contributed by atoms with Gasteiger partial charge < -0.3 is 9.73 Å². The molecule has 2 aliphatic rings. The second kappa shape index (κ2) is 6.51. The van der Waals surface area contributed by atoms with Gasteiger partial charge in [-0.05, 0) is 32.4 Å². The molecule has 0 radical (unpaired) electrons. The molecule has 3 rings (SSSR count). The first kappa shape index (κ1) is 15.1. The van der Waals surface area contributed by atoms with Gasteiger partial charge in [0.05, 0.1) is 6.54 Å². The number of fused-ring (bicyclic) bond motifs is 1. The number of hydrogen-bond acceptors (Lipinski definition) is 4. The summed E-state index contributed by atoms with van der Waals surface area (Å²) in [5.41, 5.74) is 1.36. The first-order valence-electron chi connectivity index (χ1n) is 8.40. The predicted octanol–water partition coefficient (Wildman–Crippen LogP) is 2.37. The minimum absolute atomic E-state index is 0.495. The Kier molecular flexibility index (Phi) is 4.67. The van der Waals surface area contributed by atoms with Crippen LogP contribution in [0, 0.1) is 6.92 Å². The van der Waals surface area contributed by atoms with Crippen molar-refractivity contribution in [2.45, 2.75) is 58.8 Å². The number of nitrogens with one attached hydrogen (secondary N) is 1. The summed E-state index contributed by atoms with van der Waals surface area (Å²) < 4.78 is 5.89. The van der Waals surface area contributed by atoms with Crippen molar-refractivity contribution < 1.29 is 4.42 Å². The molecule has 0 bridgehead atoms. The van der Waals surface area contributed by atoms with Crippen LogP contribution in [-0.2, 0) is 13.1 Å². The average molecular weight is 291 g/mol. The third-order valence-electron chi connectivity index (χ3n) is 4.82. The fraction of sp³-hybridized carbons (Fsp3) is 0.765. The molecule has 3 heterocycles. The summed E-state index contributed by atoms with van der Waals surface area (Å²) in [6.07, 6.45) is 2.76. The highest BCUT2D eigenvalue weighted by Crippen LogP contribution is 2.24. The first-order valence-corrected chi connectivity index (χ1v) is 8.40. The van der Waals surface area contributed by atoms with Crippen molar-refractivity contribution in [3.05, 3.63) is 23.2 Å². The van der Waals surface area contributed by atoms with Crippen LogP contribution in [0.4, 0.5) is 0 Å². The van der Waals surface area contributed by atoms with E-state index in [9.17, 15) is 0 Å². The minimum Gasteiger partial charge on any atom is -0.465 e. The van der Waals surface area contributed by atoms with Crippen molar-refractivity contribution in [2.24, 2.45) is 0 Å². The fourth-order valence-corrected chi connectivity index (χ4v) is 3.58. The largest absolute Gasteiger partial charge is 0.465 e.